The minimum absolute atomic E-state index is 0.0814. The number of nitrogens with zero attached hydrogens (tertiary/aromatic N) is 1. The van der Waals surface area contributed by atoms with Crippen molar-refractivity contribution in [3.05, 3.63) is 65.7 Å². The molecular formula is C23H32N4O3. The van der Waals surface area contributed by atoms with E-state index in [1.54, 1.807) is 38.4 Å². The smallest absolute Gasteiger partial charge is 0.251 e. The van der Waals surface area contributed by atoms with Crippen LogP contribution in [0.25, 0.3) is 0 Å². The summed E-state index contributed by atoms with van der Waals surface area (Å²) in [4.78, 5) is 16.3. The normalized spacial score (nSPS) is 12.2. The van der Waals surface area contributed by atoms with E-state index in [2.05, 4.69) is 40.0 Å². The van der Waals surface area contributed by atoms with Crippen LogP contribution in [0.1, 0.15) is 35.4 Å². The van der Waals surface area contributed by atoms with E-state index in [-0.39, 0.29) is 12.0 Å². The topological polar surface area (TPSA) is 84.0 Å². The van der Waals surface area contributed by atoms with Crippen LogP contribution in [-0.4, -0.2) is 52.3 Å². The summed E-state index contributed by atoms with van der Waals surface area (Å²) in [6.07, 6.45) is 0.949. The van der Waals surface area contributed by atoms with Gasteiger partial charge in [0.25, 0.3) is 5.91 Å². The number of carbonyl (C=O) groups excluding carboxylic acids is 1. The fourth-order valence-corrected chi connectivity index (χ4v) is 2.78. The molecule has 162 valence electrons. The van der Waals surface area contributed by atoms with Crippen LogP contribution in [0.4, 0.5) is 0 Å². The number of aliphatic imine (C=N–C) groups is 1. The number of ether oxygens (including phenoxy) is 2. The maximum absolute atomic E-state index is 12.1. The van der Waals surface area contributed by atoms with Crippen LogP contribution < -0.4 is 20.7 Å². The lowest BCUT2D eigenvalue weighted by atomic mass is 10.1. The second-order valence-corrected chi connectivity index (χ2v) is 6.69. The molecule has 0 aliphatic carbocycles. The summed E-state index contributed by atoms with van der Waals surface area (Å²) in [5.74, 6) is 1.31. The summed E-state index contributed by atoms with van der Waals surface area (Å²) < 4.78 is 11.0. The first-order valence-corrected chi connectivity index (χ1v) is 10.2. The van der Waals surface area contributed by atoms with E-state index in [0.717, 1.165) is 18.7 Å². The molecule has 0 spiro atoms. The van der Waals surface area contributed by atoms with Crippen molar-refractivity contribution in [2.24, 2.45) is 4.99 Å². The highest BCUT2D eigenvalue weighted by molar-refractivity contribution is 5.94. The lowest BCUT2D eigenvalue weighted by molar-refractivity contribution is 0.0646. The van der Waals surface area contributed by atoms with Gasteiger partial charge in [0.05, 0.1) is 13.2 Å². The van der Waals surface area contributed by atoms with Crippen molar-refractivity contribution >= 4 is 11.9 Å². The maximum atomic E-state index is 12.1. The van der Waals surface area contributed by atoms with Crippen molar-refractivity contribution in [2.75, 3.05) is 40.4 Å². The number of rotatable bonds is 11. The van der Waals surface area contributed by atoms with Gasteiger partial charge in [-0.05, 0) is 43.2 Å². The van der Waals surface area contributed by atoms with E-state index in [1.807, 2.05) is 18.2 Å². The second-order valence-electron chi connectivity index (χ2n) is 6.69. The van der Waals surface area contributed by atoms with Crippen LogP contribution >= 0.6 is 0 Å². The standard InChI is InChI=1S/C23H32N4O3/c1-18(19-8-5-4-6-9-19)30-17-7-14-26-23(24-2)27-16-15-25-22(28)20-10-12-21(29-3)13-11-20/h4-6,8-13,18H,7,14-17H2,1-3H3,(H,25,28)(H2,24,26,27). The van der Waals surface area contributed by atoms with Crippen LogP contribution in [0.3, 0.4) is 0 Å². The predicted octanol–water partition coefficient (Wildman–Crippen LogP) is 2.76. The number of nitrogens with one attached hydrogen (secondary N) is 3. The van der Waals surface area contributed by atoms with Gasteiger partial charge in [0, 0.05) is 38.9 Å². The van der Waals surface area contributed by atoms with Crippen LogP contribution in [-0.2, 0) is 4.74 Å². The van der Waals surface area contributed by atoms with Crippen molar-refractivity contribution in [2.45, 2.75) is 19.4 Å². The Morgan fingerprint density at radius 2 is 1.63 bits per heavy atom. The van der Waals surface area contributed by atoms with Crippen LogP contribution in [0.5, 0.6) is 5.75 Å². The number of methoxy groups -OCH3 is 1. The van der Waals surface area contributed by atoms with Gasteiger partial charge >= 0.3 is 0 Å². The minimum Gasteiger partial charge on any atom is -0.497 e. The first-order chi connectivity index (χ1) is 14.6. The molecule has 0 aliphatic heterocycles. The second kappa shape index (κ2) is 13.2. The van der Waals surface area contributed by atoms with Gasteiger partial charge in [-0.15, -0.1) is 0 Å². The molecule has 1 amide bonds. The van der Waals surface area contributed by atoms with Crippen molar-refractivity contribution in [1.82, 2.24) is 16.0 Å². The van der Waals surface area contributed by atoms with Crippen LogP contribution in [0.2, 0.25) is 0 Å². The summed E-state index contributed by atoms with van der Waals surface area (Å²) in [5, 5.41) is 9.31. The van der Waals surface area contributed by atoms with Crippen molar-refractivity contribution in [3.63, 3.8) is 0 Å². The van der Waals surface area contributed by atoms with Gasteiger partial charge in [0.15, 0.2) is 5.96 Å². The molecule has 0 saturated carbocycles. The molecule has 0 saturated heterocycles. The Kier molecular flexibility index (Phi) is 10.2. The highest BCUT2D eigenvalue weighted by Gasteiger charge is 2.06. The van der Waals surface area contributed by atoms with Gasteiger partial charge in [-0.3, -0.25) is 9.79 Å². The molecule has 0 aliphatic rings. The van der Waals surface area contributed by atoms with Crippen molar-refractivity contribution in [1.29, 1.82) is 0 Å². The summed E-state index contributed by atoms with van der Waals surface area (Å²) in [5.41, 5.74) is 1.78. The SMILES string of the molecule is CN=C(NCCCOC(C)c1ccccc1)NCCNC(=O)c1ccc(OC)cc1. The Bertz CT molecular complexity index is 779. The zero-order valence-corrected chi connectivity index (χ0v) is 18.0. The monoisotopic (exact) mass is 412 g/mol. The average Bonchev–Trinajstić information content (AvgIpc) is 2.80. The van der Waals surface area contributed by atoms with E-state index in [4.69, 9.17) is 9.47 Å². The summed E-state index contributed by atoms with van der Waals surface area (Å²) >= 11 is 0. The fourth-order valence-electron chi connectivity index (χ4n) is 2.78. The quantitative estimate of drug-likeness (QED) is 0.300. The Hall–Kier alpha value is -3.06. The molecule has 3 N–H and O–H groups in total. The first kappa shape index (κ1) is 23.2. The van der Waals surface area contributed by atoms with E-state index in [0.29, 0.717) is 31.2 Å². The molecule has 0 fully saturated rings. The molecule has 1 unspecified atom stereocenters. The van der Waals surface area contributed by atoms with E-state index < -0.39 is 0 Å². The Morgan fingerprint density at radius 3 is 2.30 bits per heavy atom. The molecule has 0 radical (unpaired) electrons. The van der Waals surface area contributed by atoms with Crippen LogP contribution in [0, 0.1) is 0 Å². The average molecular weight is 413 g/mol. The third-order valence-electron chi connectivity index (χ3n) is 4.53. The highest BCUT2D eigenvalue weighted by atomic mass is 16.5. The fraction of sp³-hybridized carbons (Fsp3) is 0.391. The molecule has 2 aromatic carbocycles. The molecule has 7 nitrogen and oxygen atoms in total. The number of hydrogen-bond acceptors (Lipinski definition) is 4. The Labute approximate surface area is 178 Å². The number of benzene rings is 2. The molecular weight excluding hydrogens is 380 g/mol. The highest BCUT2D eigenvalue weighted by Crippen LogP contribution is 2.15. The number of hydrogen-bond donors (Lipinski definition) is 3. The molecule has 2 rings (SSSR count). The Balaban J connectivity index is 1.56. The number of guanidine groups is 1. The number of carbonyl (C=O) groups is 1. The molecule has 0 aromatic heterocycles. The van der Waals surface area contributed by atoms with Gasteiger partial charge in [-0.1, -0.05) is 30.3 Å². The van der Waals surface area contributed by atoms with Gasteiger partial charge in [-0.25, -0.2) is 0 Å². The largest absolute Gasteiger partial charge is 0.497 e. The van der Waals surface area contributed by atoms with Gasteiger partial charge in [0.2, 0.25) is 0 Å². The molecule has 1 atom stereocenters. The van der Waals surface area contributed by atoms with Crippen molar-refractivity contribution in [3.8, 4) is 5.75 Å². The summed E-state index contributed by atoms with van der Waals surface area (Å²) in [7, 11) is 3.32. The summed E-state index contributed by atoms with van der Waals surface area (Å²) in [6.45, 7) is 4.53. The number of amides is 1. The third-order valence-corrected chi connectivity index (χ3v) is 4.53. The van der Waals surface area contributed by atoms with E-state index >= 15 is 0 Å². The molecule has 30 heavy (non-hydrogen) atoms. The first-order valence-electron chi connectivity index (χ1n) is 10.2. The molecule has 0 bridgehead atoms. The maximum Gasteiger partial charge on any atom is 0.251 e. The zero-order valence-electron chi connectivity index (χ0n) is 18.0. The Morgan fingerprint density at radius 1 is 0.967 bits per heavy atom. The summed E-state index contributed by atoms with van der Waals surface area (Å²) in [6, 6.07) is 17.2. The van der Waals surface area contributed by atoms with E-state index in [1.165, 1.54) is 5.56 Å². The van der Waals surface area contributed by atoms with Gasteiger partial charge < -0.3 is 25.4 Å². The predicted molar refractivity (Wildman–Crippen MR) is 120 cm³/mol. The molecule has 7 heteroatoms. The van der Waals surface area contributed by atoms with Gasteiger partial charge in [0.1, 0.15) is 5.75 Å². The van der Waals surface area contributed by atoms with Gasteiger partial charge in [-0.2, -0.15) is 0 Å². The van der Waals surface area contributed by atoms with Crippen molar-refractivity contribution < 1.29 is 14.3 Å². The van der Waals surface area contributed by atoms with Crippen LogP contribution in [0.15, 0.2) is 59.6 Å². The molecule has 0 heterocycles. The lowest BCUT2D eigenvalue weighted by Crippen LogP contribution is -2.42. The lowest BCUT2D eigenvalue weighted by Gasteiger charge is -2.15. The molecule has 2 aromatic rings. The minimum atomic E-state index is -0.118. The van der Waals surface area contributed by atoms with E-state index in [9.17, 15) is 4.79 Å². The third kappa shape index (κ3) is 8.13. The zero-order chi connectivity index (χ0) is 21.6.